The lowest BCUT2D eigenvalue weighted by atomic mass is 9.79. The molecule has 20 heavy (non-hydrogen) atoms. The Morgan fingerprint density at radius 1 is 1.05 bits per heavy atom. The molecule has 0 aromatic heterocycles. The van der Waals surface area contributed by atoms with Gasteiger partial charge in [-0.25, -0.2) is 0 Å². The van der Waals surface area contributed by atoms with Crippen LogP contribution in [-0.2, 0) is 10.8 Å². The van der Waals surface area contributed by atoms with Crippen molar-refractivity contribution in [3.05, 3.63) is 28.8 Å². The van der Waals surface area contributed by atoms with Gasteiger partial charge in [0.05, 0.1) is 0 Å². The fraction of sp³-hybridized carbons (Fsp3) is 0.611. The third-order valence-electron chi connectivity index (χ3n) is 3.40. The first-order chi connectivity index (χ1) is 9.07. The van der Waals surface area contributed by atoms with Crippen molar-refractivity contribution in [2.75, 3.05) is 6.54 Å². The van der Waals surface area contributed by atoms with Gasteiger partial charge in [-0.2, -0.15) is 0 Å². The summed E-state index contributed by atoms with van der Waals surface area (Å²) in [5.41, 5.74) is 3.02. The molecule has 1 rings (SSSR count). The second kappa shape index (κ2) is 5.99. The number of phenolic OH excluding ortho intramolecular Hbond substituents is 1. The maximum atomic E-state index is 10.5. The van der Waals surface area contributed by atoms with E-state index in [-0.39, 0.29) is 10.8 Å². The van der Waals surface area contributed by atoms with Crippen molar-refractivity contribution in [2.24, 2.45) is 4.99 Å². The van der Waals surface area contributed by atoms with Crippen LogP contribution < -0.4 is 0 Å². The molecule has 0 atom stereocenters. The van der Waals surface area contributed by atoms with Crippen LogP contribution >= 0.6 is 0 Å². The van der Waals surface area contributed by atoms with Crippen LogP contribution in [0.15, 0.2) is 17.1 Å². The van der Waals surface area contributed by atoms with Crippen LogP contribution in [0.1, 0.15) is 71.6 Å². The summed E-state index contributed by atoms with van der Waals surface area (Å²) in [6.07, 6.45) is 2.83. The molecule has 0 aliphatic heterocycles. The normalized spacial score (nSPS) is 13.2. The number of hydrogen-bond donors (Lipinski definition) is 1. The van der Waals surface area contributed by atoms with E-state index < -0.39 is 0 Å². The zero-order chi connectivity index (χ0) is 15.6. The molecule has 1 aromatic carbocycles. The van der Waals surface area contributed by atoms with Gasteiger partial charge in [-0.1, -0.05) is 54.5 Å². The summed E-state index contributed by atoms with van der Waals surface area (Å²) in [4.78, 5) is 4.38. The minimum absolute atomic E-state index is 0.0566. The summed E-state index contributed by atoms with van der Waals surface area (Å²) in [6, 6.07) is 4.19. The van der Waals surface area contributed by atoms with Gasteiger partial charge in [0.15, 0.2) is 0 Å². The zero-order valence-corrected chi connectivity index (χ0v) is 14.0. The number of phenols is 1. The van der Waals surface area contributed by atoms with Crippen LogP contribution in [0.3, 0.4) is 0 Å². The molecule has 0 fully saturated rings. The topological polar surface area (TPSA) is 32.6 Å². The third-order valence-corrected chi connectivity index (χ3v) is 3.40. The minimum atomic E-state index is -0.0846. The van der Waals surface area contributed by atoms with E-state index in [1.54, 1.807) is 0 Å². The maximum absolute atomic E-state index is 10.5. The lowest BCUT2D eigenvalue weighted by Crippen LogP contribution is -2.17. The van der Waals surface area contributed by atoms with Gasteiger partial charge in [-0.15, -0.1) is 0 Å². The van der Waals surface area contributed by atoms with Crippen LogP contribution in [-0.4, -0.2) is 17.9 Å². The van der Waals surface area contributed by atoms with Gasteiger partial charge in [0.2, 0.25) is 0 Å². The van der Waals surface area contributed by atoms with Crippen LogP contribution in [0.2, 0.25) is 0 Å². The fourth-order valence-electron chi connectivity index (χ4n) is 2.05. The van der Waals surface area contributed by atoms with Crippen molar-refractivity contribution >= 4 is 6.21 Å². The Labute approximate surface area is 124 Å². The predicted molar refractivity (Wildman–Crippen MR) is 88.3 cm³/mol. The monoisotopic (exact) mass is 275 g/mol. The quantitative estimate of drug-likeness (QED) is 0.788. The first-order valence-corrected chi connectivity index (χ1v) is 7.45. The Hall–Kier alpha value is -1.31. The molecular formula is C18H29NO. The van der Waals surface area contributed by atoms with Gasteiger partial charge in [0.1, 0.15) is 5.75 Å². The van der Waals surface area contributed by atoms with Crippen LogP contribution in [0.5, 0.6) is 5.75 Å². The molecule has 1 aromatic rings. The number of aromatic hydroxyl groups is 1. The second-order valence-corrected chi connectivity index (χ2v) is 7.50. The van der Waals surface area contributed by atoms with Crippen molar-refractivity contribution in [1.82, 2.24) is 0 Å². The van der Waals surface area contributed by atoms with Crippen molar-refractivity contribution in [2.45, 2.75) is 65.7 Å². The Morgan fingerprint density at radius 3 is 2.10 bits per heavy atom. The molecule has 0 heterocycles. The van der Waals surface area contributed by atoms with E-state index in [9.17, 15) is 5.11 Å². The molecule has 0 bridgehead atoms. The molecule has 0 spiro atoms. The molecule has 1 N–H and O–H groups in total. The number of hydrogen-bond acceptors (Lipinski definition) is 2. The van der Waals surface area contributed by atoms with Gasteiger partial charge < -0.3 is 5.11 Å². The molecule has 0 saturated carbocycles. The number of aliphatic imine (C=N–C) groups is 1. The van der Waals surface area contributed by atoms with Crippen LogP contribution in [0, 0.1) is 0 Å². The molecule has 2 heteroatoms. The Balaban J connectivity index is 3.43. The standard InChI is InChI=1S/C18H29NO/c1-8-9-19-12-13-10-14(17(2,3)4)11-15(16(13)20)18(5,6)7/h10-12,20H,8-9H2,1-7H3/b19-12+. The average molecular weight is 275 g/mol. The van der Waals surface area contributed by atoms with Crippen LogP contribution in [0.25, 0.3) is 0 Å². The lowest BCUT2D eigenvalue weighted by molar-refractivity contribution is 0.444. The van der Waals surface area contributed by atoms with Crippen molar-refractivity contribution in [1.29, 1.82) is 0 Å². The summed E-state index contributed by atoms with van der Waals surface area (Å²) in [5, 5.41) is 10.5. The summed E-state index contributed by atoms with van der Waals surface area (Å²) < 4.78 is 0. The van der Waals surface area contributed by atoms with E-state index in [0.29, 0.717) is 5.75 Å². The van der Waals surface area contributed by atoms with E-state index >= 15 is 0 Å². The SMILES string of the molecule is CCC/N=C/c1cc(C(C)(C)C)cc(C(C)(C)C)c1O. The highest BCUT2D eigenvalue weighted by molar-refractivity contribution is 5.85. The molecule has 0 aliphatic rings. The molecule has 0 saturated heterocycles. The molecule has 2 nitrogen and oxygen atoms in total. The van der Waals surface area contributed by atoms with E-state index in [2.05, 4.69) is 65.6 Å². The highest BCUT2D eigenvalue weighted by Crippen LogP contribution is 2.37. The smallest absolute Gasteiger partial charge is 0.128 e. The zero-order valence-electron chi connectivity index (χ0n) is 14.0. The van der Waals surface area contributed by atoms with Crippen molar-refractivity contribution in [3.8, 4) is 5.75 Å². The minimum Gasteiger partial charge on any atom is -0.507 e. The Kier molecular flexibility index (Phi) is 5.01. The summed E-state index contributed by atoms with van der Waals surface area (Å²) in [6.45, 7) is 15.9. The van der Waals surface area contributed by atoms with Gasteiger partial charge >= 0.3 is 0 Å². The number of rotatable bonds is 3. The number of nitrogens with zero attached hydrogens (tertiary/aromatic N) is 1. The first kappa shape index (κ1) is 16.7. The van der Waals surface area contributed by atoms with E-state index in [4.69, 9.17) is 0 Å². The number of benzene rings is 1. The van der Waals surface area contributed by atoms with Crippen molar-refractivity contribution in [3.63, 3.8) is 0 Å². The molecule has 0 unspecified atom stereocenters. The van der Waals surface area contributed by atoms with E-state index in [0.717, 1.165) is 24.1 Å². The molecule has 0 radical (unpaired) electrons. The molecule has 0 aliphatic carbocycles. The molecule has 112 valence electrons. The van der Waals surface area contributed by atoms with Gasteiger partial charge in [-0.05, 0) is 28.9 Å². The van der Waals surface area contributed by atoms with E-state index in [1.165, 1.54) is 5.56 Å². The highest BCUT2D eigenvalue weighted by Gasteiger charge is 2.24. The summed E-state index contributed by atoms with van der Waals surface area (Å²) in [7, 11) is 0. The molecule has 0 amide bonds. The maximum Gasteiger partial charge on any atom is 0.128 e. The third kappa shape index (κ3) is 4.09. The van der Waals surface area contributed by atoms with Gasteiger partial charge in [-0.3, -0.25) is 4.99 Å². The first-order valence-electron chi connectivity index (χ1n) is 7.45. The average Bonchev–Trinajstić information content (AvgIpc) is 2.28. The Bertz CT molecular complexity index is 487. The molecular weight excluding hydrogens is 246 g/mol. The predicted octanol–water partition coefficient (Wildman–Crippen LogP) is 4.82. The lowest BCUT2D eigenvalue weighted by Gasteiger charge is -2.26. The van der Waals surface area contributed by atoms with E-state index in [1.807, 2.05) is 6.21 Å². The van der Waals surface area contributed by atoms with Crippen molar-refractivity contribution < 1.29 is 5.11 Å². The van der Waals surface area contributed by atoms with Gasteiger partial charge in [0.25, 0.3) is 0 Å². The summed E-state index contributed by atoms with van der Waals surface area (Å²) >= 11 is 0. The van der Waals surface area contributed by atoms with Gasteiger partial charge in [0, 0.05) is 23.9 Å². The fourth-order valence-corrected chi connectivity index (χ4v) is 2.05. The van der Waals surface area contributed by atoms with Crippen LogP contribution in [0.4, 0.5) is 0 Å². The second-order valence-electron chi connectivity index (χ2n) is 7.50. The summed E-state index contributed by atoms with van der Waals surface area (Å²) in [5.74, 6) is 0.366. The Morgan fingerprint density at radius 2 is 1.65 bits per heavy atom. The highest BCUT2D eigenvalue weighted by atomic mass is 16.3. The largest absolute Gasteiger partial charge is 0.507 e.